The number of rotatable bonds is 9. The Kier molecular flexibility index (Phi) is 11.8. The Morgan fingerprint density at radius 1 is 0.574 bits per heavy atom. The highest BCUT2D eigenvalue weighted by atomic mass is 14.8. The maximum absolute atomic E-state index is 6.60. The number of nitrogens with two attached hydrogens (primary N) is 1. The first-order valence-electron chi connectivity index (χ1n) is 19.0. The van der Waals surface area contributed by atoms with Crippen molar-refractivity contribution in [1.82, 2.24) is 0 Å². The van der Waals surface area contributed by atoms with Gasteiger partial charge in [-0.2, -0.15) is 0 Å². The summed E-state index contributed by atoms with van der Waals surface area (Å²) in [7, 11) is 0. The van der Waals surface area contributed by atoms with Crippen LogP contribution in [0.25, 0.3) is 55.5 Å². The van der Waals surface area contributed by atoms with Gasteiger partial charge in [0.2, 0.25) is 0 Å². The summed E-state index contributed by atoms with van der Waals surface area (Å²) in [6.07, 6.45) is 2.87. The second-order valence-electron chi connectivity index (χ2n) is 13.5. The fraction of sp³-hybridized carbons (Fsp3) is 0.135. The zero-order valence-electron chi connectivity index (χ0n) is 32.4. The molecule has 0 unspecified atom stereocenters. The molecular formula is C52H50N2. The lowest BCUT2D eigenvalue weighted by Crippen LogP contribution is -2.04. The van der Waals surface area contributed by atoms with Gasteiger partial charge in [-0.3, -0.25) is 0 Å². The van der Waals surface area contributed by atoms with Crippen LogP contribution in [0.4, 0.5) is 0 Å². The van der Waals surface area contributed by atoms with E-state index in [4.69, 9.17) is 10.7 Å². The molecule has 2 nitrogen and oxygen atoms in total. The molecule has 7 rings (SSSR count). The number of benzene rings is 7. The number of allylic oxidation sites excluding steroid dienone is 1. The molecule has 2 N–H and O–H groups in total. The second kappa shape index (κ2) is 17.1. The number of aliphatic imine (C=N–C) groups is 1. The van der Waals surface area contributed by atoms with Gasteiger partial charge in [-0.1, -0.05) is 167 Å². The Bertz CT molecular complexity index is 2470. The average molecular weight is 703 g/mol. The minimum Gasteiger partial charge on any atom is -0.398 e. The first kappa shape index (κ1) is 37.5. The molecule has 0 amide bonds. The molecule has 7 aromatic carbocycles. The molecule has 0 saturated heterocycles. The number of aryl methyl sites for hydroxylation is 3. The fourth-order valence-corrected chi connectivity index (χ4v) is 7.21. The summed E-state index contributed by atoms with van der Waals surface area (Å²) in [5.41, 5.74) is 24.2. The van der Waals surface area contributed by atoms with E-state index in [2.05, 4.69) is 137 Å². The molecule has 0 bridgehead atoms. The number of fused-ring (bicyclic) bond motifs is 1. The molecule has 0 aliphatic heterocycles. The molecule has 0 heterocycles. The molecule has 0 saturated carbocycles. The zero-order valence-corrected chi connectivity index (χ0v) is 32.4. The van der Waals surface area contributed by atoms with Gasteiger partial charge in [0.1, 0.15) is 0 Å². The minimum absolute atomic E-state index is 0.654. The summed E-state index contributed by atoms with van der Waals surface area (Å²) in [5, 5.41) is 2.53. The summed E-state index contributed by atoms with van der Waals surface area (Å²) in [6.45, 7) is 17.4. The summed E-state index contributed by atoms with van der Waals surface area (Å²) < 4.78 is 0. The van der Waals surface area contributed by atoms with Gasteiger partial charge in [-0.25, -0.2) is 4.99 Å². The molecular weight excluding hydrogens is 653 g/mol. The van der Waals surface area contributed by atoms with Crippen LogP contribution in [0.15, 0.2) is 169 Å². The third-order valence-corrected chi connectivity index (χ3v) is 10.2. The maximum atomic E-state index is 6.60. The molecule has 0 atom stereocenters. The maximum Gasteiger partial charge on any atom is 0.0729 e. The second-order valence-corrected chi connectivity index (χ2v) is 13.5. The largest absolute Gasteiger partial charge is 0.398 e. The summed E-state index contributed by atoms with van der Waals surface area (Å²) in [6, 6.07) is 53.4. The van der Waals surface area contributed by atoms with Crippen molar-refractivity contribution in [2.75, 3.05) is 0 Å². The summed E-state index contributed by atoms with van der Waals surface area (Å²) in [4.78, 5) is 5.10. The van der Waals surface area contributed by atoms with Gasteiger partial charge in [0, 0.05) is 16.8 Å². The first-order chi connectivity index (χ1) is 26.3. The SMILES string of the molecule is C=C(N=C(/C=C(\N)c1ccccc1)c1ccccc1)c1ccc(C)c(-c2cc3c(C)c(-c4cccc(-c5ccccc5)c4C)ccc3cc2CC)c1.CC. The molecule has 7 aromatic rings. The molecule has 54 heavy (non-hydrogen) atoms. The molecule has 0 spiro atoms. The van der Waals surface area contributed by atoms with E-state index >= 15 is 0 Å². The van der Waals surface area contributed by atoms with Gasteiger partial charge in [0.05, 0.1) is 11.4 Å². The molecule has 2 heteroatoms. The van der Waals surface area contributed by atoms with E-state index in [1.54, 1.807) is 0 Å². The van der Waals surface area contributed by atoms with Crippen LogP contribution in [0.2, 0.25) is 0 Å². The van der Waals surface area contributed by atoms with Gasteiger partial charge in [-0.05, 0) is 117 Å². The van der Waals surface area contributed by atoms with Crippen LogP contribution in [0, 0.1) is 20.8 Å². The van der Waals surface area contributed by atoms with Crippen molar-refractivity contribution in [2.45, 2.75) is 48.0 Å². The lowest BCUT2D eigenvalue weighted by Gasteiger charge is -2.18. The lowest BCUT2D eigenvalue weighted by atomic mass is 9.86. The summed E-state index contributed by atoms with van der Waals surface area (Å²) in [5.74, 6) is 0. The zero-order chi connectivity index (χ0) is 38.2. The number of hydrogen-bond donors (Lipinski definition) is 1. The van der Waals surface area contributed by atoms with Crippen LogP contribution >= 0.6 is 0 Å². The quantitative estimate of drug-likeness (QED) is 0.149. The van der Waals surface area contributed by atoms with E-state index in [0.29, 0.717) is 11.4 Å². The van der Waals surface area contributed by atoms with Gasteiger partial charge in [-0.15, -0.1) is 0 Å². The predicted octanol–water partition coefficient (Wildman–Crippen LogP) is 13.8. The normalized spacial score (nSPS) is 11.6. The Morgan fingerprint density at radius 2 is 1.19 bits per heavy atom. The van der Waals surface area contributed by atoms with Gasteiger partial charge in [0.25, 0.3) is 0 Å². The highest BCUT2D eigenvalue weighted by Crippen LogP contribution is 2.39. The number of nitrogens with zero attached hydrogens (tertiary/aromatic N) is 1. The third kappa shape index (κ3) is 7.89. The van der Waals surface area contributed by atoms with Crippen LogP contribution in [0.5, 0.6) is 0 Å². The van der Waals surface area contributed by atoms with Crippen molar-refractivity contribution in [3.05, 3.63) is 203 Å². The highest BCUT2D eigenvalue weighted by Gasteiger charge is 2.16. The molecule has 0 aromatic heterocycles. The Morgan fingerprint density at radius 3 is 1.85 bits per heavy atom. The fourth-order valence-electron chi connectivity index (χ4n) is 7.21. The average Bonchev–Trinajstić information content (AvgIpc) is 3.22. The Balaban J connectivity index is 0.00000245. The standard InChI is InChI=1S/C50H44N2.C2H6/c1-6-37-29-42-27-28-45(44-24-16-23-43(34(44)3)38-17-10-7-11-18-38)35(4)47(42)31-48(37)46-30-41(26-25-33(46)2)36(5)52-50(40-21-14-9-15-22-40)32-49(51)39-19-12-8-13-20-39;1-2/h7-32H,5-6,51H2,1-4H3;1-2H3/b49-32-,52-50?;. The highest BCUT2D eigenvalue weighted by molar-refractivity contribution is 6.14. The van der Waals surface area contributed by atoms with Crippen LogP contribution in [-0.4, -0.2) is 5.71 Å². The van der Waals surface area contributed by atoms with Crippen molar-refractivity contribution in [3.63, 3.8) is 0 Å². The molecule has 0 aliphatic rings. The monoisotopic (exact) mass is 702 g/mol. The van der Waals surface area contributed by atoms with Crippen LogP contribution in [0.1, 0.15) is 59.7 Å². The molecule has 0 radical (unpaired) electrons. The van der Waals surface area contributed by atoms with Crippen molar-refractivity contribution in [2.24, 2.45) is 10.7 Å². The molecule has 268 valence electrons. The molecule has 0 fully saturated rings. The van der Waals surface area contributed by atoms with E-state index in [0.717, 1.165) is 28.8 Å². The Hall–Kier alpha value is -6.25. The van der Waals surface area contributed by atoms with Crippen molar-refractivity contribution in [3.8, 4) is 33.4 Å². The van der Waals surface area contributed by atoms with Gasteiger partial charge in [0.15, 0.2) is 0 Å². The predicted molar refractivity (Wildman–Crippen MR) is 236 cm³/mol. The van der Waals surface area contributed by atoms with E-state index in [1.807, 2.05) is 68.5 Å². The van der Waals surface area contributed by atoms with Crippen LogP contribution < -0.4 is 5.73 Å². The number of hydrogen-bond acceptors (Lipinski definition) is 2. The van der Waals surface area contributed by atoms with Crippen molar-refractivity contribution >= 4 is 27.9 Å². The third-order valence-electron chi connectivity index (χ3n) is 10.2. The van der Waals surface area contributed by atoms with Gasteiger partial charge >= 0.3 is 0 Å². The minimum atomic E-state index is 0.654. The topological polar surface area (TPSA) is 38.4 Å². The lowest BCUT2D eigenvalue weighted by molar-refractivity contribution is 1.15. The van der Waals surface area contributed by atoms with Crippen molar-refractivity contribution in [1.29, 1.82) is 0 Å². The molecule has 0 aliphatic carbocycles. The van der Waals surface area contributed by atoms with Crippen LogP contribution in [0.3, 0.4) is 0 Å². The Labute approximate surface area is 322 Å². The van der Waals surface area contributed by atoms with Gasteiger partial charge < -0.3 is 5.73 Å². The van der Waals surface area contributed by atoms with E-state index in [9.17, 15) is 0 Å². The first-order valence-corrected chi connectivity index (χ1v) is 19.0. The summed E-state index contributed by atoms with van der Waals surface area (Å²) >= 11 is 0. The van der Waals surface area contributed by atoms with E-state index in [-0.39, 0.29) is 0 Å². The van der Waals surface area contributed by atoms with E-state index < -0.39 is 0 Å². The van der Waals surface area contributed by atoms with E-state index in [1.165, 1.54) is 66.4 Å². The van der Waals surface area contributed by atoms with Crippen molar-refractivity contribution < 1.29 is 0 Å². The smallest absolute Gasteiger partial charge is 0.0729 e. The van der Waals surface area contributed by atoms with Crippen LogP contribution in [-0.2, 0) is 6.42 Å².